The molecule has 1 atom stereocenters. The van der Waals surface area contributed by atoms with Gasteiger partial charge >= 0.3 is 5.97 Å². The number of nitrogens with one attached hydrogen (secondary N) is 1. The number of rotatable bonds is 3. The monoisotopic (exact) mass is 306 g/mol. The zero-order valence-corrected chi connectivity index (χ0v) is 12.2. The normalized spacial score (nSPS) is 17.3. The van der Waals surface area contributed by atoms with E-state index in [9.17, 15) is 9.59 Å². The zero-order chi connectivity index (χ0) is 15.0. The highest BCUT2D eigenvalue weighted by atomic mass is 32.1. The lowest BCUT2D eigenvalue weighted by atomic mass is 9.98. The van der Waals surface area contributed by atoms with Crippen molar-refractivity contribution in [2.75, 3.05) is 0 Å². The van der Waals surface area contributed by atoms with Gasteiger partial charge in [0.2, 0.25) is 5.76 Å². The Kier molecular flexibility index (Phi) is 3.50. The second kappa shape index (κ2) is 5.33. The number of aryl methyl sites for hydroxylation is 2. The Balaban J connectivity index is 1.82. The van der Waals surface area contributed by atoms with E-state index in [1.54, 1.807) is 11.3 Å². The average molecular weight is 306 g/mol. The highest BCUT2D eigenvalue weighted by molar-refractivity contribution is 7.11. The van der Waals surface area contributed by atoms with E-state index in [0.717, 1.165) is 34.8 Å². The molecule has 2 aromatic rings. The lowest BCUT2D eigenvalue weighted by Gasteiger charge is -2.22. The van der Waals surface area contributed by atoms with Crippen molar-refractivity contribution in [3.8, 4) is 0 Å². The third-order valence-electron chi connectivity index (χ3n) is 3.46. The highest BCUT2D eigenvalue weighted by Crippen LogP contribution is 2.34. The van der Waals surface area contributed by atoms with Gasteiger partial charge in [-0.2, -0.15) is 0 Å². The second-order valence-corrected chi connectivity index (χ2v) is 6.17. The summed E-state index contributed by atoms with van der Waals surface area (Å²) >= 11 is 1.58. The number of aromatic nitrogens is 1. The van der Waals surface area contributed by atoms with Crippen LogP contribution in [0.1, 0.15) is 55.4 Å². The first-order chi connectivity index (χ1) is 10.1. The summed E-state index contributed by atoms with van der Waals surface area (Å²) in [5.41, 5.74) is 0.913. The molecule has 0 aromatic carbocycles. The Morgan fingerprint density at radius 1 is 1.52 bits per heavy atom. The largest absolute Gasteiger partial charge is 0.478 e. The minimum atomic E-state index is -1.17. The third-order valence-corrected chi connectivity index (χ3v) is 4.59. The smallest absolute Gasteiger partial charge is 0.339 e. The fourth-order valence-electron chi connectivity index (χ4n) is 2.56. The van der Waals surface area contributed by atoms with Crippen LogP contribution in [0.3, 0.4) is 0 Å². The molecule has 7 heteroatoms. The Bertz CT molecular complexity index is 704. The predicted molar refractivity (Wildman–Crippen MR) is 75.7 cm³/mol. The van der Waals surface area contributed by atoms with Crippen molar-refractivity contribution in [3.63, 3.8) is 0 Å². The van der Waals surface area contributed by atoms with Crippen LogP contribution in [0.25, 0.3) is 0 Å². The van der Waals surface area contributed by atoms with Crippen LogP contribution >= 0.6 is 11.3 Å². The molecule has 0 saturated heterocycles. The number of carbonyl (C=O) groups is 2. The Morgan fingerprint density at radius 2 is 2.33 bits per heavy atom. The lowest BCUT2D eigenvalue weighted by Crippen LogP contribution is -2.31. The number of amides is 1. The van der Waals surface area contributed by atoms with Crippen molar-refractivity contribution >= 4 is 23.2 Å². The van der Waals surface area contributed by atoms with Gasteiger partial charge in [0.05, 0.1) is 27.9 Å². The summed E-state index contributed by atoms with van der Waals surface area (Å²) in [5.74, 6) is -1.83. The first-order valence-corrected chi connectivity index (χ1v) is 7.45. The van der Waals surface area contributed by atoms with Crippen molar-refractivity contribution in [1.29, 1.82) is 0 Å². The standard InChI is InChI=1S/C14H14N2O4S/c1-7-15-9-3-2-4-10(12(9)21-7)16-13(17)11-8(14(18)19)5-6-20-11/h5-6,10H,2-4H2,1H3,(H,16,17)(H,18,19). The van der Waals surface area contributed by atoms with Gasteiger partial charge in [0.15, 0.2) is 0 Å². The van der Waals surface area contributed by atoms with Crippen LogP contribution in [0.2, 0.25) is 0 Å². The summed E-state index contributed by atoms with van der Waals surface area (Å²) in [4.78, 5) is 28.8. The predicted octanol–water partition coefficient (Wildman–Crippen LogP) is 2.55. The second-order valence-electron chi connectivity index (χ2n) is 4.93. The number of carbonyl (C=O) groups excluding carboxylic acids is 1. The van der Waals surface area contributed by atoms with Gasteiger partial charge in [0.25, 0.3) is 5.91 Å². The quantitative estimate of drug-likeness (QED) is 0.909. The van der Waals surface area contributed by atoms with Gasteiger partial charge in [-0.15, -0.1) is 11.3 Å². The van der Waals surface area contributed by atoms with Gasteiger partial charge in [-0.3, -0.25) is 4.79 Å². The van der Waals surface area contributed by atoms with E-state index in [4.69, 9.17) is 9.52 Å². The van der Waals surface area contributed by atoms with Crippen LogP contribution in [0.4, 0.5) is 0 Å². The van der Waals surface area contributed by atoms with Crippen molar-refractivity contribution in [1.82, 2.24) is 10.3 Å². The first kappa shape index (κ1) is 13.8. The molecule has 21 heavy (non-hydrogen) atoms. The molecule has 0 spiro atoms. The number of nitrogens with zero attached hydrogens (tertiary/aromatic N) is 1. The van der Waals surface area contributed by atoms with Crippen LogP contribution in [0.5, 0.6) is 0 Å². The first-order valence-electron chi connectivity index (χ1n) is 6.64. The fraction of sp³-hybridized carbons (Fsp3) is 0.357. The molecule has 1 amide bonds. The molecule has 0 bridgehead atoms. The summed E-state index contributed by atoms with van der Waals surface area (Å²) in [6.07, 6.45) is 3.91. The number of hydrogen-bond acceptors (Lipinski definition) is 5. The third kappa shape index (κ3) is 2.56. The van der Waals surface area contributed by atoms with E-state index >= 15 is 0 Å². The van der Waals surface area contributed by atoms with Crippen LogP contribution in [-0.4, -0.2) is 22.0 Å². The molecular formula is C14H14N2O4S. The van der Waals surface area contributed by atoms with E-state index in [2.05, 4.69) is 10.3 Å². The van der Waals surface area contributed by atoms with E-state index < -0.39 is 11.9 Å². The molecule has 3 rings (SSSR count). The number of aromatic carboxylic acids is 1. The van der Waals surface area contributed by atoms with Crippen molar-refractivity contribution in [2.45, 2.75) is 32.2 Å². The maximum atomic E-state index is 12.2. The molecule has 1 aliphatic rings. The van der Waals surface area contributed by atoms with Gasteiger partial charge in [-0.1, -0.05) is 0 Å². The minimum absolute atomic E-state index is 0.121. The lowest BCUT2D eigenvalue weighted by molar-refractivity contribution is 0.0687. The minimum Gasteiger partial charge on any atom is -0.478 e. The molecular weight excluding hydrogens is 292 g/mol. The summed E-state index contributed by atoms with van der Waals surface area (Å²) < 4.78 is 5.02. The summed E-state index contributed by atoms with van der Waals surface area (Å²) in [6.45, 7) is 1.94. The van der Waals surface area contributed by atoms with Gasteiger partial charge in [-0.05, 0) is 32.3 Å². The molecule has 1 aliphatic carbocycles. The van der Waals surface area contributed by atoms with Crippen molar-refractivity contribution in [2.24, 2.45) is 0 Å². The SMILES string of the molecule is Cc1nc2c(s1)C(NC(=O)c1occc1C(=O)O)CCC2. The number of carboxylic acid groups (broad SMARTS) is 1. The van der Waals surface area contributed by atoms with Gasteiger partial charge in [0, 0.05) is 0 Å². The van der Waals surface area contributed by atoms with Crippen LogP contribution in [0, 0.1) is 6.92 Å². The van der Waals surface area contributed by atoms with Gasteiger partial charge in [0.1, 0.15) is 5.56 Å². The molecule has 2 heterocycles. The Labute approximate surface area is 124 Å². The van der Waals surface area contributed by atoms with E-state index in [0.29, 0.717) is 0 Å². The average Bonchev–Trinajstić information content (AvgIpc) is 3.04. The van der Waals surface area contributed by atoms with Crippen LogP contribution < -0.4 is 5.32 Å². The maximum Gasteiger partial charge on any atom is 0.339 e. The summed E-state index contributed by atoms with van der Waals surface area (Å²) in [7, 11) is 0. The number of fused-ring (bicyclic) bond motifs is 1. The molecule has 2 aromatic heterocycles. The maximum absolute atomic E-state index is 12.2. The topological polar surface area (TPSA) is 92.4 Å². The summed E-state index contributed by atoms with van der Waals surface area (Å²) in [6, 6.07) is 1.15. The number of carboxylic acids is 1. The molecule has 0 fully saturated rings. The van der Waals surface area contributed by atoms with Gasteiger partial charge in [-0.25, -0.2) is 9.78 Å². The van der Waals surface area contributed by atoms with E-state index in [-0.39, 0.29) is 17.4 Å². The van der Waals surface area contributed by atoms with E-state index in [1.807, 2.05) is 6.92 Å². The molecule has 0 aliphatic heterocycles. The van der Waals surface area contributed by atoms with Crippen molar-refractivity contribution in [3.05, 3.63) is 39.2 Å². The Hall–Kier alpha value is -2.15. The molecule has 6 nitrogen and oxygen atoms in total. The van der Waals surface area contributed by atoms with Crippen molar-refractivity contribution < 1.29 is 19.1 Å². The number of thiazole rings is 1. The summed E-state index contributed by atoms with van der Waals surface area (Å²) in [5, 5.41) is 12.9. The molecule has 2 N–H and O–H groups in total. The zero-order valence-electron chi connectivity index (χ0n) is 11.4. The molecule has 110 valence electrons. The van der Waals surface area contributed by atoms with Crippen LogP contribution in [-0.2, 0) is 6.42 Å². The van der Waals surface area contributed by atoms with Crippen LogP contribution in [0.15, 0.2) is 16.7 Å². The molecule has 0 radical (unpaired) electrons. The highest BCUT2D eigenvalue weighted by Gasteiger charge is 2.28. The Morgan fingerprint density at radius 3 is 3.10 bits per heavy atom. The number of furan rings is 1. The molecule has 0 saturated carbocycles. The van der Waals surface area contributed by atoms with E-state index in [1.165, 1.54) is 12.3 Å². The number of hydrogen-bond donors (Lipinski definition) is 2. The van der Waals surface area contributed by atoms with Gasteiger partial charge < -0.3 is 14.8 Å². The fourth-order valence-corrected chi connectivity index (χ4v) is 3.62. The molecule has 1 unspecified atom stereocenters.